The summed E-state index contributed by atoms with van der Waals surface area (Å²) in [6.45, 7) is 1.57. The number of rotatable bonds is 7. The van der Waals surface area contributed by atoms with E-state index in [1.807, 2.05) is 0 Å². The number of benzene rings is 3. The quantitative estimate of drug-likeness (QED) is 0.340. The van der Waals surface area contributed by atoms with Crippen LogP contribution in [0.4, 0.5) is 11.4 Å². The van der Waals surface area contributed by atoms with Crippen molar-refractivity contribution in [3.05, 3.63) is 80.3 Å². The van der Waals surface area contributed by atoms with Crippen LogP contribution in [-0.4, -0.2) is 20.4 Å². The summed E-state index contributed by atoms with van der Waals surface area (Å²) >= 11 is 14.1. The van der Waals surface area contributed by atoms with Crippen molar-refractivity contribution in [3.63, 3.8) is 0 Å². The molecule has 31 heavy (non-hydrogen) atoms. The van der Waals surface area contributed by atoms with Gasteiger partial charge in [-0.15, -0.1) is 0 Å². The van der Waals surface area contributed by atoms with E-state index >= 15 is 0 Å². The van der Waals surface area contributed by atoms with E-state index in [2.05, 4.69) is 32.6 Å². The summed E-state index contributed by atoms with van der Waals surface area (Å²) in [5.41, 5.74) is 0.889. The first-order valence-electron chi connectivity index (χ1n) is 8.95. The van der Waals surface area contributed by atoms with Crippen LogP contribution in [0.1, 0.15) is 6.92 Å². The highest BCUT2D eigenvalue weighted by Gasteiger charge is 2.18. The van der Waals surface area contributed by atoms with Crippen molar-refractivity contribution in [1.82, 2.24) is 0 Å². The van der Waals surface area contributed by atoms with Gasteiger partial charge in [0.25, 0.3) is 15.9 Å². The van der Waals surface area contributed by atoms with Crippen molar-refractivity contribution < 1.29 is 17.9 Å². The number of hydrogen-bond donors (Lipinski definition) is 2. The smallest absolute Gasteiger partial charge is 0.265 e. The van der Waals surface area contributed by atoms with E-state index in [9.17, 15) is 13.2 Å². The predicted octanol–water partition coefficient (Wildman–Crippen LogP) is 5.80. The number of anilines is 2. The van der Waals surface area contributed by atoms with E-state index in [4.69, 9.17) is 27.9 Å². The lowest BCUT2D eigenvalue weighted by Gasteiger charge is -2.16. The maximum atomic E-state index is 12.5. The summed E-state index contributed by atoms with van der Waals surface area (Å²) in [6, 6.07) is 17.5. The molecule has 3 aromatic rings. The molecule has 0 aromatic heterocycles. The number of hydrogen-bond acceptors (Lipinski definition) is 4. The maximum Gasteiger partial charge on any atom is 0.265 e. The Hall–Kier alpha value is -2.01. The first-order chi connectivity index (χ1) is 14.6. The molecule has 1 amide bonds. The lowest BCUT2D eigenvalue weighted by Crippen LogP contribution is -2.30. The fourth-order valence-corrected chi connectivity index (χ4v) is 4.38. The Morgan fingerprint density at radius 3 is 2.19 bits per heavy atom. The molecule has 6 nitrogen and oxygen atoms in total. The van der Waals surface area contributed by atoms with Crippen LogP contribution in [0.2, 0.25) is 10.0 Å². The minimum atomic E-state index is -3.75. The molecule has 0 saturated carbocycles. The molecule has 1 atom stereocenters. The molecule has 0 radical (unpaired) electrons. The van der Waals surface area contributed by atoms with Gasteiger partial charge in [0.15, 0.2) is 6.10 Å². The van der Waals surface area contributed by atoms with E-state index in [-0.39, 0.29) is 4.90 Å². The Morgan fingerprint density at radius 1 is 0.968 bits per heavy atom. The van der Waals surface area contributed by atoms with Gasteiger partial charge in [0.1, 0.15) is 5.75 Å². The highest BCUT2D eigenvalue weighted by Crippen LogP contribution is 2.28. The summed E-state index contributed by atoms with van der Waals surface area (Å²) in [5, 5.41) is 3.43. The van der Waals surface area contributed by atoms with Crippen LogP contribution >= 0.6 is 45.8 Å². The Bertz CT molecular complexity index is 1190. The maximum absolute atomic E-state index is 12.5. The van der Waals surface area contributed by atoms with Crippen molar-refractivity contribution >= 4 is 73.1 Å². The van der Waals surface area contributed by atoms with E-state index in [1.165, 1.54) is 30.3 Å². The Balaban J connectivity index is 1.63. The predicted molar refractivity (Wildman–Crippen MR) is 132 cm³/mol. The van der Waals surface area contributed by atoms with Gasteiger partial charge >= 0.3 is 0 Å². The molecule has 0 bridgehead atoms. The molecule has 0 spiro atoms. The van der Waals surface area contributed by atoms with Crippen LogP contribution in [0.5, 0.6) is 5.75 Å². The average Bonchev–Trinajstić information content (AvgIpc) is 2.72. The van der Waals surface area contributed by atoms with Gasteiger partial charge < -0.3 is 10.1 Å². The number of carbonyl (C=O) groups excluding carboxylic acids is 1. The monoisotopic (exact) mass is 590 g/mol. The zero-order chi connectivity index (χ0) is 22.6. The largest absolute Gasteiger partial charge is 0.479 e. The van der Waals surface area contributed by atoms with Crippen LogP contribution in [-0.2, 0) is 14.8 Å². The molecular weight excluding hydrogens is 574 g/mol. The fraction of sp³-hybridized carbons (Fsp3) is 0.0952. The fourth-order valence-electron chi connectivity index (χ4n) is 2.51. The number of ether oxygens (including phenoxy) is 1. The van der Waals surface area contributed by atoms with Gasteiger partial charge in [-0.1, -0.05) is 23.2 Å². The zero-order valence-corrected chi connectivity index (χ0v) is 20.6. The molecule has 0 heterocycles. The van der Waals surface area contributed by atoms with Gasteiger partial charge in [-0.3, -0.25) is 9.52 Å². The van der Waals surface area contributed by atoms with Gasteiger partial charge in [0, 0.05) is 20.0 Å². The van der Waals surface area contributed by atoms with Crippen molar-refractivity contribution in [2.45, 2.75) is 17.9 Å². The van der Waals surface area contributed by atoms with Crippen LogP contribution in [0.15, 0.2) is 71.6 Å². The standard InChI is InChI=1S/C21H17Cl2IN2O4S/c1-13(30-20-11-2-14(22)12-19(20)23)21(27)25-16-7-9-18(10-8-16)31(28,29)26-17-5-3-15(24)4-6-17/h2-13,26H,1H3,(H,25,27). The van der Waals surface area contributed by atoms with Crippen LogP contribution in [0.25, 0.3) is 0 Å². The first kappa shape index (κ1) is 23.6. The molecule has 0 aliphatic heterocycles. The Labute approximate surface area is 204 Å². The van der Waals surface area contributed by atoms with E-state index < -0.39 is 22.0 Å². The molecule has 3 rings (SSSR count). The lowest BCUT2D eigenvalue weighted by atomic mass is 10.3. The number of halogens is 3. The Morgan fingerprint density at radius 2 is 1.58 bits per heavy atom. The summed E-state index contributed by atoms with van der Waals surface area (Å²) in [7, 11) is -3.75. The third-order valence-corrected chi connectivity index (χ3v) is 6.74. The third-order valence-electron chi connectivity index (χ3n) is 4.10. The number of sulfonamides is 1. The second kappa shape index (κ2) is 10.1. The second-order valence-electron chi connectivity index (χ2n) is 6.46. The second-order valence-corrected chi connectivity index (χ2v) is 10.2. The van der Waals surface area contributed by atoms with E-state index in [0.717, 1.165) is 3.57 Å². The SMILES string of the molecule is CC(Oc1ccc(Cl)cc1Cl)C(=O)Nc1ccc(S(=O)(=O)Nc2ccc(I)cc2)cc1. The summed E-state index contributed by atoms with van der Waals surface area (Å²) < 4.78 is 34.2. The summed E-state index contributed by atoms with van der Waals surface area (Å²) in [4.78, 5) is 12.5. The molecule has 1 unspecified atom stereocenters. The van der Waals surface area contributed by atoms with Crippen molar-refractivity contribution in [1.29, 1.82) is 0 Å². The molecule has 162 valence electrons. The van der Waals surface area contributed by atoms with Crippen molar-refractivity contribution in [2.24, 2.45) is 0 Å². The summed E-state index contributed by atoms with van der Waals surface area (Å²) in [5.74, 6) is -0.0875. The van der Waals surface area contributed by atoms with E-state index in [1.54, 1.807) is 43.3 Å². The molecule has 0 fully saturated rings. The molecule has 0 aliphatic carbocycles. The van der Waals surface area contributed by atoms with Crippen LogP contribution in [0, 0.1) is 3.57 Å². The minimum absolute atomic E-state index is 0.0706. The van der Waals surface area contributed by atoms with Crippen LogP contribution in [0.3, 0.4) is 0 Å². The first-order valence-corrected chi connectivity index (χ1v) is 12.3. The zero-order valence-electron chi connectivity index (χ0n) is 16.1. The van der Waals surface area contributed by atoms with Gasteiger partial charge in [-0.25, -0.2) is 8.42 Å². The molecule has 3 aromatic carbocycles. The Kier molecular flexibility index (Phi) is 7.68. The molecule has 2 N–H and O–H groups in total. The molecule has 10 heteroatoms. The topological polar surface area (TPSA) is 84.5 Å². The highest BCUT2D eigenvalue weighted by atomic mass is 127. The minimum Gasteiger partial charge on any atom is -0.479 e. The number of nitrogens with one attached hydrogen (secondary N) is 2. The molecule has 0 saturated heterocycles. The normalized spacial score (nSPS) is 12.1. The van der Waals surface area contributed by atoms with E-state index in [0.29, 0.717) is 27.2 Å². The highest BCUT2D eigenvalue weighted by molar-refractivity contribution is 14.1. The van der Waals surface area contributed by atoms with Gasteiger partial charge in [-0.2, -0.15) is 0 Å². The molecule has 0 aliphatic rings. The number of carbonyl (C=O) groups is 1. The van der Waals surface area contributed by atoms with Gasteiger partial charge in [0.05, 0.1) is 9.92 Å². The van der Waals surface area contributed by atoms with Crippen LogP contribution < -0.4 is 14.8 Å². The molecular formula is C21H17Cl2IN2O4S. The van der Waals surface area contributed by atoms with Gasteiger partial charge in [0.2, 0.25) is 0 Å². The van der Waals surface area contributed by atoms with Crippen molar-refractivity contribution in [2.75, 3.05) is 10.0 Å². The van der Waals surface area contributed by atoms with Gasteiger partial charge in [-0.05, 0) is 96.2 Å². The number of amides is 1. The lowest BCUT2D eigenvalue weighted by molar-refractivity contribution is -0.122. The third kappa shape index (κ3) is 6.49. The van der Waals surface area contributed by atoms with Crippen molar-refractivity contribution in [3.8, 4) is 5.75 Å². The average molecular weight is 591 g/mol. The summed E-state index contributed by atoms with van der Waals surface area (Å²) in [6.07, 6.45) is -0.843.